The number of anilines is 1. The van der Waals surface area contributed by atoms with Crippen molar-refractivity contribution < 1.29 is 14.3 Å². The summed E-state index contributed by atoms with van der Waals surface area (Å²) in [5.41, 5.74) is 4.82. The molecule has 2 aliphatic rings. The molecule has 0 bridgehead atoms. The number of carbonyl (C=O) groups is 1. The number of nitrogens with zero attached hydrogens (tertiary/aromatic N) is 3. The normalized spacial score (nSPS) is 20.4. The number of hydrogen-bond donors (Lipinski definition) is 0. The molecule has 2 aliphatic heterocycles. The fraction of sp³-hybridized carbons (Fsp3) is 0.565. The van der Waals surface area contributed by atoms with Gasteiger partial charge in [-0.05, 0) is 44.7 Å². The summed E-state index contributed by atoms with van der Waals surface area (Å²) in [6.07, 6.45) is 2.86. The Labute approximate surface area is 172 Å². The van der Waals surface area contributed by atoms with Crippen molar-refractivity contribution in [3.05, 3.63) is 35.0 Å². The minimum Gasteiger partial charge on any atom is -0.462 e. The SMILES string of the molecule is CCOC(=O)c1cnc2c(C)cc(C)cc2c1N1CCN(CC2CCOC2)CC1. The number of piperazine rings is 1. The average Bonchev–Trinajstić information content (AvgIpc) is 3.21. The number of benzene rings is 1. The number of carbonyl (C=O) groups excluding carboxylic acids is 1. The second kappa shape index (κ2) is 8.67. The second-order valence-electron chi connectivity index (χ2n) is 8.24. The van der Waals surface area contributed by atoms with E-state index in [0.29, 0.717) is 18.1 Å². The van der Waals surface area contributed by atoms with Gasteiger partial charge >= 0.3 is 5.97 Å². The van der Waals surface area contributed by atoms with Gasteiger partial charge in [0.2, 0.25) is 0 Å². The summed E-state index contributed by atoms with van der Waals surface area (Å²) < 4.78 is 10.9. The zero-order valence-electron chi connectivity index (χ0n) is 17.7. The molecule has 0 aliphatic carbocycles. The highest BCUT2D eigenvalue weighted by Crippen LogP contribution is 2.33. The molecule has 3 heterocycles. The van der Waals surface area contributed by atoms with Gasteiger partial charge in [-0.15, -0.1) is 0 Å². The van der Waals surface area contributed by atoms with Crippen LogP contribution < -0.4 is 4.90 Å². The number of fused-ring (bicyclic) bond motifs is 1. The maximum atomic E-state index is 12.7. The first kappa shape index (κ1) is 20.1. The van der Waals surface area contributed by atoms with Crippen LogP contribution in [0.3, 0.4) is 0 Å². The van der Waals surface area contributed by atoms with Crippen LogP contribution in [0.2, 0.25) is 0 Å². The number of ether oxygens (including phenoxy) is 2. The number of aromatic nitrogens is 1. The average molecular weight is 398 g/mol. The van der Waals surface area contributed by atoms with Crippen molar-refractivity contribution in [2.45, 2.75) is 27.2 Å². The molecule has 6 heteroatoms. The molecule has 2 aromatic rings. The van der Waals surface area contributed by atoms with E-state index in [0.717, 1.165) is 68.1 Å². The molecule has 0 radical (unpaired) electrons. The van der Waals surface area contributed by atoms with Crippen LogP contribution in [-0.4, -0.2) is 68.4 Å². The van der Waals surface area contributed by atoms with Crippen molar-refractivity contribution in [1.29, 1.82) is 0 Å². The van der Waals surface area contributed by atoms with E-state index >= 15 is 0 Å². The predicted octanol–water partition coefficient (Wildman–Crippen LogP) is 3.19. The molecule has 29 heavy (non-hydrogen) atoms. The van der Waals surface area contributed by atoms with E-state index in [9.17, 15) is 4.79 Å². The van der Waals surface area contributed by atoms with Gasteiger partial charge in [0.15, 0.2) is 0 Å². The van der Waals surface area contributed by atoms with Crippen molar-refractivity contribution in [2.24, 2.45) is 5.92 Å². The summed E-state index contributed by atoms with van der Waals surface area (Å²) in [7, 11) is 0. The van der Waals surface area contributed by atoms with Crippen molar-refractivity contribution in [3.8, 4) is 0 Å². The molecule has 6 nitrogen and oxygen atoms in total. The van der Waals surface area contributed by atoms with Gasteiger partial charge in [0.1, 0.15) is 5.56 Å². The van der Waals surface area contributed by atoms with Crippen LogP contribution in [0, 0.1) is 19.8 Å². The Morgan fingerprint density at radius 1 is 1.24 bits per heavy atom. The van der Waals surface area contributed by atoms with Crippen LogP contribution >= 0.6 is 0 Å². The maximum Gasteiger partial charge on any atom is 0.341 e. The molecule has 4 rings (SSSR count). The highest BCUT2D eigenvalue weighted by Gasteiger charge is 2.27. The summed E-state index contributed by atoms with van der Waals surface area (Å²) in [6.45, 7) is 13.0. The molecule has 0 spiro atoms. The van der Waals surface area contributed by atoms with Crippen molar-refractivity contribution in [2.75, 3.05) is 57.4 Å². The standard InChI is InChI=1S/C23H31N3O3/c1-4-29-23(27)20-13-24-21-17(3)11-16(2)12-19(21)22(20)26-8-6-25(7-9-26)14-18-5-10-28-15-18/h11-13,18H,4-10,14-15H2,1-3H3. The molecule has 2 saturated heterocycles. The van der Waals surface area contributed by atoms with E-state index in [1.54, 1.807) is 6.20 Å². The summed E-state index contributed by atoms with van der Waals surface area (Å²) in [5, 5.41) is 1.05. The van der Waals surface area contributed by atoms with Crippen LogP contribution in [0.4, 0.5) is 5.69 Å². The molecule has 1 atom stereocenters. The van der Waals surface area contributed by atoms with Crippen LogP contribution in [0.1, 0.15) is 34.8 Å². The highest BCUT2D eigenvalue weighted by atomic mass is 16.5. The van der Waals surface area contributed by atoms with Crippen molar-refractivity contribution in [1.82, 2.24) is 9.88 Å². The maximum absolute atomic E-state index is 12.7. The Morgan fingerprint density at radius 3 is 2.72 bits per heavy atom. The lowest BCUT2D eigenvalue weighted by Crippen LogP contribution is -2.48. The fourth-order valence-corrected chi connectivity index (χ4v) is 4.59. The molecular formula is C23H31N3O3. The van der Waals surface area contributed by atoms with Crippen LogP contribution in [0.5, 0.6) is 0 Å². The first-order chi connectivity index (χ1) is 14.1. The molecule has 1 aromatic carbocycles. The molecule has 0 amide bonds. The van der Waals surface area contributed by atoms with E-state index in [-0.39, 0.29) is 5.97 Å². The van der Waals surface area contributed by atoms with Gasteiger partial charge in [0.25, 0.3) is 0 Å². The highest BCUT2D eigenvalue weighted by molar-refractivity contribution is 6.06. The van der Waals surface area contributed by atoms with E-state index < -0.39 is 0 Å². The lowest BCUT2D eigenvalue weighted by molar-refractivity contribution is 0.0526. The lowest BCUT2D eigenvalue weighted by atomic mass is 10.0. The quantitative estimate of drug-likeness (QED) is 0.723. The third-order valence-corrected chi connectivity index (χ3v) is 6.00. The van der Waals surface area contributed by atoms with Gasteiger partial charge in [0, 0.05) is 50.9 Å². The fourth-order valence-electron chi connectivity index (χ4n) is 4.59. The monoisotopic (exact) mass is 397 g/mol. The van der Waals surface area contributed by atoms with Gasteiger partial charge in [0.05, 0.1) is 24.4 Å². The molecule has 0 N–H and O–H groups in total. The second-order valence-corrected chi connectivity index (χ2v) is 8.24. The Morgan fingerprint density at radius 2 is 2.03 bits per heavy atom. The number of esters is 1. The Kier molecular flexibility index (Phi) is 6.01. The van der Waals surface area contributed by atoms with Crippen molar-refractivity contribution in [3.63, 3.8) is 0 Å². The summed E-state index contributed by atoms with van der Waals surface area (Å²) in [4.78, 5) is 22.2. The Hall–Kier alpha value is -2.18. The van der Waals surface area contributed by atoms with Crippen LogP contribution in [0.15, 0.2) is 18.3 Å². The van der Waals surface area contributed by atoms with Crippen LogP contribution in [-0.2, 0) is 9.47 Å². The number of pyridine rings is 1. The third kappa shape index (κ3) is 4.23. The largest absolute Gasteiger partial charge is 0.462 e. The predicted molar refractivity (Wildman–Crippen MR) is 115 cm³/mol. The van der Waals surface area contributed by atoms with Gasteiger partial charge < -0.3 is 14.4 Å². The molecule has 156 valence electrons. The molecular weight excluding hydrogens is 366 g/mol. The minimum atomic E-state index is -0.290. The van der Waals surface area contributed by atoms with Gasteiger partial charge in [-0.3, -0.25) is 9.88 Å². The number of hydrogen-bond acceptors (Lipinski definition) is 6. The number of rotatable bonds is 5. The summed E-state index contributed by atoms with van der Waals surface area (Å²) >= 11 is 0. The first-order valence-corrected chi connectivity index (χ1v) is 10.7. The molecule has 2 fully saturated rings. The Bertz CT molecular complexity index is 885. The Balaban J connectivity index is 1.64. The molecule has 1 unspecified atom stereocenters. The zero-order valence-corrected chi connectivity index (χ0v) is 17.7. The van der Waals surface area contributed by atoms with Gasteiger partial charge in [-0.1, -0.05) is 11.6 Å². The van der Waals surface area contributed by atoms with E-state index in [1.807, 2.05) is 6.92 Å². The third-order valence-electron chi connectivity index (χ3n) is 6.00. The van der Waals surface area contributed by atoms with Gasteiger partial charge in [-0.25, -0.2) is 4.79 Å². The van der Waals surface area contributed by atoms with Crippen LogP contribution in [0.25, 0.3) is 10.9 Å². The minimum absolute atomic E-state index is 0.290. The lowest BCUT2D eigenvalue weighted by Gasteiger charge is -2.38. The zero-order chi connectivity index (χ0) is 20.4. The summed E-state index contributed by atoms with van der Waals surface area (Å²) in [5.74, 6) is 0.366. The molecule has 0 saturated carbocycles. The topological polar surface area (TPSA) is 54.9 Å². The van der Waals surface area contributed by atoms with E-state index in [1.165, 1.54) is 12.0 Å². The number of aryl methyl sites for hydroxylation is 2. The van der Waals surface area contributed by atoms with E-state index in [2.05, 4.69) is 40.8 Å². The van der Waals surface area contributed by atoms with Gasteiger partial charge in [-0.2, -0.15) is 0 Å². The van der Waals surface area contributed by atoms with Crippen molar-refractivity contribution >= 4 is 22.6 Å². The summed E-state index contributed by atoms with van der Waals surface area (Å²) in [6, 6.07) is 4.29. The van der Waals surface area contributed by atoms with E-state index in [4.69, 9.17) is 9.47 Å². The smallest absolute Gasteiger partial charge is 0.341 e. The first-order valence-electron chi connectivity index (χ1n) is 10.7. The molecule has 1 aromatic heterocycles.